The Balaban J connectivity index is 1.96. The van der Waals surface area contributed by atoms with Gasteiger partial charge in [-0.3, -0.25) is 0 Å². The lowest BCUT2D eigenvalue weighted by Gasteiger charge is -2.17. The van der Waals surface area contributed by atoms with Crippen LogP contribution in [0.4, 0.5) is 5.13 Å². The van der Waals surface area contributed by atoms with Gasteiger partial charge in [-0.05, 0) is 12.8 Å². The minimum atomic E-state index is 0.261. The SMILES string of the molecule is OCC1CCCC1Nc1nc(Cl)cs1. The molecule has 14 heavy (non-hydrogen) atoms. The Morgan fingerprint density at radius 3 is 3.14 bits per heavy atom. The van der Waals surface area contributed by atoms with Crippen molar-refractivity contribution < 1.29 is 5.11 Å². The fourth-order valence-corrected chi connectivity index (χ4v) is 2.82. The molecule has 1 heterocycles. The summed E-state index contributed by atoms with van der Waals surface area (Å²) in [5.41, 5.74) is 0. The predicted molar refractivity (Wildman–Crippen MR) is 59.0 cm³/mol. The summed E-state index contributed by atoms with van der Waals surface area (Å²) >= 11 is 7.24. The molecule has 1 saturated carbocycles. The van der Waals surface area contributed by atoms with Gasteiger partial charge in [-0.2, -0.15) is 0 Å². The molecule has 0 radical (unpaired) electrons. The number of aromatic nitrogens is 1. The third kappa shape index (κ3) is 2.19. The highest BCUT2D eigenvalue weighted by Crippen LogP contribution is 2.29. The lowest BCUT2D eigenvalue weighted by Crippen LogP contribution is -2.26. The van der Waals surface area contributed by atoms with Gasteiger partial charge in [0.1, 0.15) is 5.15 Å². The van der Waals surface area contributed by atoms with Crippen molar-refractivity contribution in [3.05, 3.63) is 10.5 Å². The fourth-order valence-electron chi connectivity index (χ4n) is 1.92. The van der Waals surface area contributed by atoms with Gasteiger partial charge in [-0.15, -0.1) is 11.3 Å². The second-order valence-corrected chi connectivity index (χ2v) is 4.85. The highest BCUT2D eigenvalue weighted by Gasteiger charge is 2.26. The molecule has 0 amide bonds. The number of nitrogens with one attached hydrogen (secondary N) is 1. The van der Waals surface area contributed by atoms with Crippen molar-refractivity contribution in [2.75, 3.05) is 11.9 Å². The molecule has 1 aliphatic rings. The standard InChI is InChI=1S/C9H13ClN2OS/c10-8-5-14-9(12-8)11-7-3-1-2-6(7)4-13/h5-7,13H,1-4H2,(H,11,12). The van der Waals surface area contributed by atoms with Crippen LogP contribution < -0.4 is 5.32 Å². The van der Waals surface area contributed by atoms with Crippen molar-refractivity contribution in [2.45, 2.75) is 25.3 Å². The number of hydrogen-bond acceptors (Lipinski definition) is 4. The number of hydrogen-bond donors (Lipinski definition) is 2. The van der Waals surface area contributed by atoms with Crippen LogP contribution in [0.1, 0.15) is 19.3 Å². The van der Waals surface area contributed by atoms with Crippen molar-refractivity contribution in [3.8, 4) is 0 Å². The molecule has 0 bridgehead atoms. The molecule has 1 fully saturated rings. The van der Waals surface area contributed by atoms with Gasteiger partial charge < -0.3 is 10.4 Å². The van der Waals surface area contributed by atoms with Crippen LogP contribution in [0.3, 0.4) is 0 Å². The predicted octanol–water partition coefficient (Wildman–Crippen LogP) is 2.37. The van der Waals surface area contributed by atoms with E-state index in [2.05, 4.69) is 10.3 Å². The molecular formula is C9H13ClN2OS. The van der Waals surface area contributed by atoms with Crippen LogP contribution in [0, 0.1) is 5.92 Å². The minimum Gasteiger partial charge on any atom is -0.396 e. The first-order chi connectivity index (χ1) is 6.79. The first-order valence-electron chi connectivity index (χ1n) is 4.78. The molecule has 1 aromatic heterocycles. The molecule has 0 aliphatic heterocycles. The molecule has 0 spiro atoms. The zero-order valence-corrected chi connectivity index (χ0v) is 9.31. The van der Waals surface area contributed by atoms with E-state index in [1.165, 1.54) is 17.8 Å². The van der Waals surface area contributed by atoms with Crippen LogP contribution in [0.15, 0.2) is 5.38 Å². The van der Waals surface area contributed by atoms with Gasteiger partial charge in [-0.1, -0.05) is 18.0 Å². The van der Waals surface area contributed by atoms with Gasteiger partial charge in [0.05, 0.1) is 0 Å². The number of anilines is 1. The zero-order chi connectivity index (χ0) is 9.97. The molecule has 2 rings (SSSR count). The van der Waals surface area contributed by atoms with E-state index in [9.17, 15) is 0 Å². The van der Waals surface area contributed by atoms with E-state index in [1.807, 2.05) is 5.38 Å². The maximum atomic E-state index is 9.14. The highest BCUT2D eigenvalue weighted by atomic mass is 35.5. The van der Waals surface area contributed by atoms with E-state index in [0.717, 1.165) is 18.0 Å². The average Bonchev–Trinajstić information content (AvgIpc) is 2.76. The lowest BCUT2D eigenvalue weighted by molar-refractivity contribution is 0.222. The molecule has 0 saturated heterocycles. The Kier molecular flexibility index (Phi) is 3.26. The van der Waals surface area contributed by atoms with Crippen molar-refractivity contribution in [2.24, 2.45) is 5.92 Å². The van der Waals surface area contributed by atoms with Crippen molar-refractivity contribution in [1.82, 2.24) is 4.98 Å². The number of thiazole rings is 1. The molecule has 1 aromatic rings. The molecule has 0 aromatic carbocycles. The van der Waals surface area contributed by atoms with E-state index >= 15 is 0 Å². The van der Waals surface area contributed by atoms with E-state index in [1.54, 1.807) is 0 Å². The maximum absolute atomic E-state index is 9.14. The van der Waals surface area contributed by atoms with E-state index in [4.69, 9.17) is 16.7 Å². The monoisotopic (exact) mass is 232 g/mol. The summed E-state index contributed by atoms with van der Waals surface area (Å²) in [5, 5.41) is 15.7. The number of aliphatic hydroxyl groups is 1. The Hall–Kier alpha value is -0.320. The third-order valence-electron chi connectivity index (χ3n) is 2.68. The summed E-state index contributed by atoms with van der Waals surface area (Å²) in [6, 6.07) is 0.363. The van der Waals surface area contributed by atoms with E-state index < -0.39 is 0 Å². The smallest absolute Gasteiger partial charge is 0.184 e. The zero-order valence-electron chi connectivity index (χ0n) is 7.74. The summed E-state index contributed by atoms with van der Waals surface area (Å²) in [6.07, 6.45) is 3.40. The summed E-state index contributed by atoms with van der Waals surface area (Å²) in [4.78, 5) is 4.13. The van der Waals surface area contributed by atoms with Crippen LogP contribution in [0.25, 0.3) is 0 Å². The Bertz CT molecular complexity index is 305. The van der Waals surface area contributed by atoms with E-state index in [0.29, 0.717) is 17.1 Å². The number of aliphatic hydroxyl groups excluding tert-OH is 1. The maximum Gasteiger partial charge on any atom is 0.184 e. The van der Waals surface area contributed by atoms with Crippen molar-refractivity contribution in [3.63, 3.8) is 0 Å². The molecule has 5 heteroatoms. The van der Waals surface area contributed by atoms with Gasteiger partial charge in [-0.25, -0.2) is 4.98 Å². The topological polar surface area (TPSA) is 45.1 Å². The molecule has 78 valence electrons. The first-order valence-corrected chi connectivity index (χ1v) is 6.04. The summed E-state index contributed by atoms with van der Waals surface area (Å²) in [7, 11) is 0. The fraction of sp³-hybridized carbons (Fsp3) is 0.667. The molecule has 2 atom stereocenters. The number of rotatable bonds is 3. The second kappa shape index (κ2) is 4.47. The van der Waals surface area contributed by atoms with Gasteiger partial charge in [0.25, 0.3) is 0 Å². The van der Waals surface area contributed by atoms with Gasteiger partial charge in [0.2, 0.25) is 0 Å². The van der Waals surface area contributed by atoms with Crippen molar-refractivity contribution >= 4 is 28.1 Å². The van der Waals surface area contributed by atoms with Crippen molar-refractivity contribution in [1.29, 1.82) is 0 Å². The molecule has 2 N–H and O–H groups in total. The molecule has 2 unspecified atom stereocenters. The second-order valence-electron chi connectivity index (χ2n) is 3.60. The van der Waals surface area contributed by atoms with Gasteiger partial charge in [0, 0.05) is 23.9 Å². The van der Waals surface area contributed by atoms with Gasteiger partial charge in [0.15, 0.2) is 5.13 Å². The van der Waals surface area contributed by atoms with E-state index in [-0.39, 0.29) is 6.61 Å². The van der Waals surface area contributed by atoms with Crippen LogP contribution >= 0.6 is 22.9 Å². The lowest BCUT2D eigenvalue weighted by atomic mass is 10.1. The van der Waals surface area contributed by atoms with Crippen LogP contribution in [-0.4, -0.2) is 22.7 Å². The van der Waals surface area contributed by atoms with Crippen LogP contribution in [-0.2, 0) is 0 Å². The Labute approximate surface area is 92.1 Å². The number of nitrogens with zero attached hydrogens (tertiary/aromatic N) is 1. The van der Waals surface area contributed by atoms with Gasteiger partial charge >= 0.3 is 0 Å². The molecular weight excluding hydrogens is 220 g/mol. The Morgan fingerprint density at radius 1 is 1.64 bits per heavy atom. The summed E-state index contributed by atoms with van der Waals surface area (Å²) in [5.74, 6) is 0.373. The molecule has 1 aliphatic carbocycles. The summed E-state index contributed by atoms with van der Waals surface area (Å²) < 4.78 is 0. The normalized spacial score (nSPS) is 26.7. The number of halogens is 1. The quantitative estimate of drug-likeness (QED) is 0.841. The summed E-state index contributed by atoms with van der Waals surface area (Å²) in [6.45, 7) is 0.261. The third-order valence-corrected chi connectivity index (χ3v) is 3.78. The minimum absolute atomic E-state index is 0.261. The first kappa shape index (κ1) is 10.2. The highest BCUT2D eigenvalue weighted by molar-refractivity contribution is 7.14. The largest absolute Gasteiger partial charge is 0.396 e. The average molecular weight is 233 g/mol. The van der Waals surface area contributed by atoms with Crippen LogP contribution in [0.2, 0.25) is 5.15 Å². The molecule has 3 nitrogen and oxygen atoms in total. The Morgan fingerprint density at radius 2 is 2.50 bits per heavy atom. The van der Waals surface area contributed by atoms with Crippen LogP contribution in [0.5, 0.6) is 0 Å².